The topological polar surface area (TPSA) is 70.1 Å². The first-order valence-corrected chi connectivity index (χ1v) is 9.26. The van der Waals surface area contributed by atoms with Crippen LogP contribution in [0.3, 0.4) is 0 Å². The molecule has 0 aromatic carbocycles. The zero-order valence-electron chi connectivity index (χ0n) is 14.3. The van der Waals surface area contributed by atoms with Crippen LogP contribution in [-0.4, -0.2) is 72.6 Å². The first-order valence-electron chi connectivity index (χ1n) is 8.44. The third-order valence-electron chi connectivity index (χ3n) is 4.37. The molecular formula is C16H25N5O2S. The molecule has 2 saturated heterocycles. The van der Waals surface area contributed by atoms with Crippen molar-refractivity contribution in [3.05, 3.63) is 16.1 Å². The Bertz CT molecular complexity index is 589. The van der Waals surface area contributed by atoms with Crippen LogP contribution >= 0.6 is 11.3 Å². The van der Waals surface area contributed by atoms with Crippen molar-refractivity contribution in [1.29, 1.82) is 0 Å². The van der Waals surface area contributed by atoms with Gasteiger partial charge in [-0.3, -0.25) is 9.79 Å². The standard InChI is InChI=1S/C16H25N5O2S/c1-12-10-18-14(24-12)11-19-16(17-2)21-7-5-20(6-8-21)15(22)13-4-3-9-23-13/h10,13H,3-9,11H2,1-2H3,(H,17,19). The molecule has 2 aliphatic heterocycles. The number of aryl methyl sites for hydroxylation is 1. The lowest BCUT2D eigenvalue weighted by atomic mass is 10.2. The van der Waals surface area contributed by atoms with Gasteiger partial charge < -0.3 is 19.9 Å². The number of ether oxygens (including phenoxy) is 1. The maximum atomic E-state index is 12.4. The Labute approximate surface area is 146 Å². The van der Waals surface area contributed by atoms with E-state index in [9.17, 15) is 4.79 Å². The summed E-state index contributed by atoms with van der Waals surface area (Å²) in [6, 6.07) is 0. The maximum Gasteiger partial charge on any atom is 0.251 e. The van der Waals surface area contributed by atoms with Crippen molar-refractivity contribution in [3.63, 3.8) is 0 Å². The molecule has 8 heteroatoms. The number of carbonyl (C=O) groups is 1. The quantitative estimate of drug-likeness (QED) is 0.646. The number of carbonyl (C=O) groups excluding carboxylic acids is 1. The number of nitrogens with zero attached hydrogens (tertiary/aromatic N) is 4. The Morgan fingerprint density at radius 3 is 2.75 bits per heavy atom. The number of thiazole rings is 1. The van der Waals surface area contributed by atoms with Crippen molar-refractivity contribution in [2.24, 2.45) is 4.99 Å². The van der Waals surface area contributed by atoms with E-state index in [2.05, 4.69) is 27.1 Å². The van der Waals surface area contributed by atoms with Gasteiger partial charge in [0, 0.05) is 50.9 Å². The number of nitrogens with one attached hydrogen (secondary N) is 1. The molecule has 7 nitrogen and oxygen atoms in total. The van der Waals surface area contributed by atoms with E-state index in [4.69, 9.17) is 4.74 Å². The average Bonchev–Trinajstić information content (AvgIpc) is 3.27. The number of guanidine groups is 1. The second kappa shape index (κ2) is 7.94. The van der Waals surface area contributed by atoms with Crippen molar-refractivity contribution < 1.29 is 9.53 Å². The summed E-state index contributed by atoms with van der Waals surface area (Å²) in [5, 5.41) is 4.42. The lowest BCUT2D eigenvalue weighted by Gasteiger charge is -2.37. The van der Waals surface area contributed by atoms with E-state index in [0.29, 0.717) is 13.2 Å². The van der Waals surface area contributed by atoms with E-state index in [1.165, 1.54) is 4.88 Å². The zero-order chi connectivity index (χ0) is 16.9. The van der Waals surface area contributed by atoms with Gasteiger partial charge in [-0.2, -0.15) is 0 Å². The lowest BCUT2D eigenvalue weighted by molar-refractivity contribution is -0.142. The summed E-state index contributed by atoms with van der Waals surface area (Å²) in [7, 11) is 1.79. The van der Waals surface area contributed by atoms with E-state index in [1.807, 2.05) is 11.1 Å². The van der Waals surface area contributed by atoms with E-state index >= 15 is 0 Å². The number of rotatable bonds is 3. The molecule has 132 valence electrons. The van der Waals surface area contributed by atoms with Crippen LogP contribution in [0.15, 0.2) is 11.2 Å². The van der Waals surface area contributed by atoms with Crippen LogP contribution < -0.4 is 5.32 Å². The molecule has 0 aliphatic carbocycles. The number of hydrogen-bond donors (Lipinski definition) is 1. The van der Waals surface area contributed by atoms with Gasteiger partial charge >= 0.3 is 0 Å². The summed E-state index contributed by atoms with van der Waals surface area (Å²) < 4.78 is 5.51. The molecule has 1 aromatic heterocycles. The van der Waals surface area contributed by atoms with E-state index < -0.39 is 0 Å². The summed E-state index contributed by atoms with van der Waals surface area (Å²) in [4.78, 5) is 26.4. The monoisotopic (exact) mass is 351 g/mol. The molecule has 1 atom stereocenters. The molecule has 3 rings (SSSR count). The van der Waals surface area contributed by atoms with Gasteiger partial charge in [-0.25, -0.2) is 4.98 Å². The summed E-state index contributed by atoms with van der Waals surface area (Å²) >= 11 is 1.69. The molecule has 0 bridgehead atoms. The van der Waals surface area contributed by atoms with Gasteiger partial charge in [0.15, 0.2) is 5.96 Å². The normalized spacial score (nSPS) is 22.1. The summed E-state index contributed by atoms with van der Waals surface area (Å²) in [6.45, 7) is 6.46. The van der Waals surface area contributed by atoms with Crippen molar-refractivity contribution in [2.75, 3.05) is 39.8 Å². The minimum Gasteiger partial charge on any atom is -0.368 e. The van der Waals surface area contributed by atoms with E-state index in [-0.39, 0.29) is 12.0 Å². The fourth-order valence-corrected chi connectivity index (χ4v) is 3.81. The van der Waals surface area contributed by atoms with E-state index in [0.717, 1.165) is 50.0 Å². The zero-order valence-corrected chi connectivity index (χ0v) is 15.1. The lowest BCUT2D eigenvalue weighted by Crippen LogP contribution is -2.55. The third kappa shape index (κ3) is 4.05. The molecule has 2 fully saturated rings. The van der Waals surface area contributed by atoms with Crippen LogP contribution in [0.2, 0.25) is 0 Å². The minimum atomic E-state index is -0.220. The number of aromatic nitrogens is 1. The molecule has 1 aromatic rings. The molecule has 24 heavy (non-hydrogen) atoms. The predicted octanol–water partition coefficient (Wildman–Crippen LogP) is 0.850. The van der Waals surface area contributed by atoms with E-state index in [1.54, 1.807) is 18.4 Å². The Kier molecular flexibility index (Phi) is 5.68. The maximum absolute atomic E-state index is 12.4. The SMILES string of the molecule is CN=C(NCc1ncc(C)s1)N1CCN(C(=O)C2CCCO2)CC1. The molecule has 1 unspecified atom stereocenters. The fourth-order valence-electron chi connectivity index (χ4n) is 3.08. The second-order valence-corrected chi connectivity index (χ2v) is 7.40. The highest BCUT2D eigenvalue weighted by molar-refractivity contribution is 7.11. The number of amides is 1. The van der Waals surface area contributed by atoms with Gasteiger partial charge in [-0.05, 0) is 19.8 Å². The Morgan fingerprint density at radius 2 is 2.17 bits per heavy atom. The average molecular weight is 351 g/mol. The highest BCUT2D eigenvalue weighted by Gasteiger charge is 2.30. The summed E-state index contributed by atoms with van der Waals surface area (Å²) in [5.74, 6) is 1.01. The molecule has 3 heterocycles. The van der Waals surface area contributed by atoms with Crippen LogP contribution in [0, 0.1) is 6.92 Å². The largest absolute Gasteiger partial charge is 0.368 e. The van der Waals surface area contributed by atoms with Crippen LogP contribution in [-0.2, 0) is 16.1 Å². The van der Waals surface area contributed by atoms with Crippen LogP contribution in [0.4, 0.5) is 0 Å². The third-order valence-corrected chi connectivity index (χ3v) is 5.29. The number of piperazine rings is 1. The van der Waals surface area contributed by atoms with Crippen molar-refractivity contribution in [1.82, 2.24) is 20.1 Å². The molecule has 2 aliphatic rings. The summed E-state index contributed by atoms with van der Waals surface area (Å²) in [6.07, 6.45) is 3.51. The molecule has 1 N–H and O–H groups in total. The molecule has 0 spiro atoms. The Balaban J connectivity index is 1.48. The van der Waals surface area contributed by atoms with Crippen molar-refractivity contribution in [3.8, 4) is 0 Å². The van der Waals surface area contributed by atoms with Gasteiger partial charge in [0.05, 0.1) is 6.54 Å². The molecule has 0 radical (unpaired) electrons. The fraction of sp³-hybridized carbons (Fsp3) is 0.688. The molecule has 1 amide bonds. The van der Waals surface area contributed by atoms with Gasteiger partial charge in [0.2, 0.25) is 0 Å². The molecule has 0 saturated carbocycles. The van der Waals surface area contributed by atoms with Crippen LogP contribution in [0.25, 0.3) is 0 Å². The Hall–Kier alpha value is -1.67. The number of hydrogen-bond acceptors (Lipinski definition) is 5. The minimum absolute atomic E-state index is 0.147. The van der Waals surface area contributed by atoms with Crippen molar-refractivity contribution >= 4 is 23.2 Å². The van der Waals surface area contributed by atoms with Gasteiger partial charge in [-0.1, -0.05) is 0 Å². The highest BCUT2D eigenvalue weighted by atomic mass is 32.1. The summed E-state index contributed by atoms with van der Waals surface area (Å²) in [5.41, 5.74) is 0. The second-order valence-electron chi connectivity index (χ2n) is 6.08. The van der Waals surface area contributed by atoms with Gasteiger partial charge in [0.1, 0.15) is 11.1 Å². The molecular weight excluding hydrogens is 326 g/mol. The van der Waals surface area contributed by atoms with Gasteiger partial charge in [-0.15, -0.1) is 11.3 Å². The number of aliphatic imine (C=N–C) groups is 1. The van der Waals surface area contributed by atoms with Crippen LogP contribution in [0.1, 0.15) is 22.7 Å². The van der Waals surface area contributed by atoms with Crippen LogP contribution in [0.5, 0.6) is 0 Å². The van der Waals surface area contributed by atoms with Gasteiger partial charge in [0.25, 0.3) is 5.91 Å². The Morgan fingerprint density at radius 1 is 1.42 bits per heavy atom. The smallest absolute Gasteiger partial charge is 0.251 e. The highest BCUT2D eigenvalue weighted by Crippen LogP contribution is 2.16. The first kappa shape index (κ1) is 17.2. The first-order chi connectivity index (χ1) is 11.7. The predicted molar refractivity (Wildman–Crippen MR) is 94.2 cm³/mol. The van der Waals surface area contributed by atoms with Crippen molar-refractivity contribution in [2.45, 2.75) is 32.4 Å².